The van der Waals surface area contributed by atoms with Crippen LogP contribution in [-0.2, 0) is 0 Å². The highest BCUT2D eigenvalue weighted by Gasteiger charge is 1.97. The molecule has 0 bridgehead atoms. The van der Waals surface area contributed by atoms with Crippen molar-refractivity contribution in [2.24, 2.45) is 0 Å². The Morgan fingerprint density at radius 3 is 1.89 bits per heavy atom. The molecule has 0 saturated carbocycles. The van der Waals surface area contributed by atoms with Gasteiger partial charge in [0.2, 0.25) is 0 Å². The van der Waals surface area contributed by atoms with E-state index in [0.717, 1.165) is 0 Å². The van der Waals surface area contributed by atoms with E-state index in [4.69, 9.17) is 15.6 Å². The van der Waals surface area contributed by atoms with Gasteiger partial charge in [-0.25, -0.2) is 0 Å². The maximum absolute atomic E-state index is 8.41. The quantitative estimate of drug-likeness (QED) is 0.399. The van der Waals surface area contributed by atoms with E-state index >= 15 is 0 Å². The smallest absolute Gasteiger partial charge is 0.0973 e. The first kappa shape index (κ1) is 7.90. The van der Waals surface area contributed by atoms with Crippen LogP contribution in [0.3, 0.4) is 0 Å². The van der Waals surface area contributed by atoms with Gasteiger partial charge in [-0.1, -0.05) is 0 Å². The van der Waals surface area contributed by atoms with Crippen LogP contribution < -0.4 is 0 Å². The number of nitrogens with zero attached hydrogens (tertiary/aromatic N) is 3. The summed E-state index contributed by atoms with van der Waals surface area (Å²) in [7, 11) is 0. The summed E-state index contributed by atoms with van der Waals surface area (Å²) in [6.07, 6.45) is 0. The molecule has 0 unspecified atom stereocenters. The summed E-state index contributed by atoms with van der Waals surface area (Å²) in [5.74, 6) is 0. The zero-order valence-corrected chi connectivity index (χ0v) is 4.91. The minimum Gasteiger partial charge on any atom is -0.381 e. The number of rotatable bonds is 3. The predicted molar refractivity (Wildman–Crippen MR) is 29.9 cm³/mol. The molecule has 48 valence electrons. The summed E-state index contributed by atoms with van der Waals surface area (Å²) in [6.45, 7) is -0.0325. The SMILES string of the molecule is N#CCN(CO)CC#N. The molecule has 0 radical (unpaired) electrons. The van der Waals surface area contributed by atoms with Crippen molar-refractivity contribution in [3.63, 3.8) is 0 Å². The van der Waals surface area contributed by atoms with E-state index in [1.807, 2.05) is 12.1 Å². The largest absolute Gasteiger partial charge is 0.381 e. The van der Waals surface area contributed by atoms with Gasteiger partial charge >= 0.3 is 0 Å². The average Bonchev–Trinajstić information content (AvgIpc) is 1.88. The molecular weight excluding hydrogens is 118 g/mol. The van der Waals surface area contributed by atoms with Crippen LogP contribution in [0.15, 0.2) is 0 Å². The van der Waals surface area contributed by atoms with Crippen LogP contribution in [0, 0.1) is 22.7 Å². The Hall–Kier alpha value is -1.10. The van der Waals surface area contributed by atoms with Gasteiger partial charge in [0.1, 0.15) is 0 Å². The highest BCUT2D eigenvalue weighted by molar-refractivity contribution is 4.81. The Kier molecular flexibility index (Phi) is 4.43. The molecule has 0 rings (SSSR count). The molecule has 0 atom stereocenters. The second kappa shape index (κ2) is 5.04. The van der Waals surface area contributed by atoms with E-state index in [9.17, 15) is 0 Å². The maximum Gasteiger partial charge on any atom is 0.0973 e. The van der Waals surface area contributed by atoms with E-state index < -0.39 is 0 Å². The lowest BCUT2D eigenvalue weighted by atomic mass is 10.5. The predicted octanol–water partition coefficient (Wildman–Crippen LogP) is -0.715. The molecule has 0 aliphatic carbocycles. The number of aliphatic hydroxyl groups is 1. The fourth-order valence-electron chi connectivity index (χ4n) is 0.356. The van der Waals surface area contributed by atoms with Crippen LogP contribution >= 0.6 is 0 Å². The molecule has 4 heteroatoms. The van der Waals surface area contributed by atoms with Gasteiger partial charge in [-0.2, -0.15) is 10.5 Å². The van der Waals surface area contributed by atoms with Gasteiger partial charge in [-0.05, 0) is 0 Å². The van der Waals surface area contributed by atoms with E-state index in [2.05, 4.69) is 0 Å². The number of hydrogen-bond donors (Lipinski definition) is 1. The van der Waals surface area contributed by atoms with E-state index in [1.165, 1.54) is 4.90 Å². The molecule has 0 aliphatic rings. The van der Waals surface area contributed by atoms with Crippen molar-refractivity contribution < 1.29 is 5.11 Å². The molecular formula is C5H7N3O. The first-order chi connectivity index (χ1) is 4.35. The standard InChI is InChI=1S/C5H7N3O/c6-1-3-8(5-9)4-2-7/h9H,3-5H2. The molecule has 0 saturated heterocycles. The minimum atomic E-state index is -0.235. The van der Waals surface area contributed by atoms with Crippen LogP contribution in [0.5, 0.6) is 0 Å². The topological polar surface area (TPSA) is 71.1 Å². The van der Waals surface area contributed by atoms with Crippen molar-refractivity contribution in [2.75, 3.05) is 19.8 Å². The second-order valence-electron chi connectivity index (χ2n) is 1.44. The molecule has 0 aromatic heterocycles. The monoisotopic (exact) mass is 125 g/mol. The van der Waals surface area contributed by atoms with Crippen LogP contribution in [0.2, 0.25) is 0 Å². The van der Waals surface area contributed by atoms with E-state index in [-0.39, 0.29) is 19.8 Å². The molecule has 0 aromatic carbocycles. The molecule has 0 aromatic rings. The van der Waals surface area contributed by atoms with Crippen molar-refractivity contribution in [3.8, 4) is 12.1 Å². The van der Waals surface area contributed by atoms with Crippen molar-refractivity contribution in [2.45, 2.75) is 0 Å². The van der Waals surface area contributed by atoms with Crippen LogP contribution in [0.4, 0.5) is 0 Å². The van der Waals surface area contributed by atoms with Crippen molar-refractivity contribution in [3.05, 3.63) is 0 Å². The third kappa shape index (κ3) is 3.48. The fraction of sp³-hybridized carbons (Fsp3) is 0.600. The van der Waals surface area contributed by atoms with Gasteiger partial charge in [-0.15, -0.1) is 0 Å². The molecule has 9 heavy (non-hydrogen) atoms. The molecule has 4 nitrogen and oxygen atoms in total. The lowest BCUT2D eigenvalue weighted by Gasteiger charge is -2.08. The minimum absolute atomic E-state index is 0.101. The number of aliphatic hydroxyl groups excluding tert-OH is 1. The Morgan fingerprint density at radius 2 is 1.67 bits per heavy atom. The molecule has 0 spiro atoms. The van der Waals surface area contributed by atoms with Crippen molar-refractivity contribution in [1.82, 2.24) is 4.90 Å². The third-order valence-electron chi connectivity index (χ3n) is 0.789. The van der Waals surface area contributed by atoms with Gasteiger partial charge in [0, 0.05) is 0 Å². The highest BCUT2D eigenvalue weighted by Crippen LogP contribution is 1.80. The van der Waals surface area contributed by atoms with Gasteiger partial charge in [-0.3, -0.25) is 4.90 Å². The van der Waals surface area contributed by atoms with Gasteiger partial charge < -0.3 is 5.11 Å². The molecule has 0 heterocycles. The normalized spacial score (nSPS) is 8.44. The van der Waals surface area contributed by atoms with Crippen LogP contribution in [0.1, 0.15) is 0 Å². The van der Waals surface area contributed by atoms with E-state index in [1.54, 1.807) is 0 Å². The van der Waals surface area contributed by atoms with Crippen LogP contribution in [0.25, 0.3) is 0 Å². The summed E-state index contributed by atoms with van der Waals surface area (Å²) in [6, 6.07) is 3.64. The van der Waals surface area contributed by atoms with Gasteiger partial charge in [0.25, 0.3) is 0 Å². The van der Waals surface area contributed by atoms with Crippen LogP contribution in [-0.4, -0.2) is 29.8 Å². The molecule has 0 fully saturated rings. The van der Waals surface area contributed by atoms with Gasteiger partial charge in [0.05, 0.1) is 32.0 Å². The second-order valence-corrected chi connectivity index (χ2v) is 1.44. The Morgan fingerprint density at radius 1 is 1.22 bits per heavy atom. The number of hydrogen-bond acceptors (Lipinski definition) is 4. The Bertz CT molecular complexity index is 127. The Labute approximate surface area is 53.5 Å². The van der Waals surface area contributed by atoms with Crippen molar-refractivity contribution >= 4 is 0 Å². The summed E-state index contributed by atoms with van der Waals surface area (Å²) < 4.78 is 0. The zero-order valence-electron chi connectivity index (χ0n) is 4.91. The maximum atomic E-state index is 8.41. The fourth-order valence-corrected chi connectivity index (χ4v) is 0.356. The summed E-state index contributed by atoms with van der Waals surface area (Å²) >= 11 is 0. The van der Waals surface area contributed by atoms with E-state index in [0.29, 0.717) is 0 Å². The van der Waals surface area contributed by atoms with Crippen molar-refractivity contribution in [1.29, 1.82) is 10.5 Å². The first-order valence-corrected chi connectivity index (χ1v) is 2.42. The average molecular weight is 125 g/mol. The third-order valence-corrected chi connectivity index (χ3v) is 0.789. The summed E-state index contributed by atoms with van der Waals surface area (Å²) in [5.41, 5.74) is 0. The summed E-state index contributed by atoms with van der Waals surface area (Å²) in [5, 5.41) is 24.6. The summed E-state index contributed by atoms with van der Waals surface area (Å²) in [4.78, 5) is 1.32. The number of nitriles is 2. The zero-order chi connectivity index (χ0) is 7.11. The molecule has 1 N–H and O–H groups in total. The molecule has 0 amide bonds. The Balaban J connectivity index is 3.47. The molecule has 0 aliphatic heterocycles. The van der Waals surface area contributed by atoms with Gasteiger partial charge in [0.15, 0.2) is 0 Å². The lowest BCUT2D eigenvalue weighted by Crippen LogP contribution is -2.25. The highest BCUT2D eigenvalue weighted by atomic mass is 16.3. The first-order valence-electron chi connectivity index (χ1n) is 2.42. The lowest BCUT2D eigenvalue weighted by molar-refractivity contribution is 0.133.